The molecular weight excluding hydrogens is 479 g/mol. The van der Waals surface area contributed by atoms with Gasteiger partial charge in [-0.1, -0.05) is 6.07 Å². The molecule has 2 unspecified atom stereocenters. The summed E-state index contributed by atoms with van der Waals surface area (Å²) in [5, 5.41) is 22.8. The molecule has 0 aliphatic carbocycles. The second-order valence-electron chi connectivity index (χ2n) is 6.23. The molecule has 2 atom stereocenters. The highest BCUT2D eigenvalue weighted by Gasteiger charge is 2.30. The van der Waals surface area contributed by atoms with E-state index in [4.69, 9.17) is 10.4 Å². The number of hydrogen-bond donors (Lipinski definition) is 3. The molecule has 10 heteroatoms. The van der Waals surface area contributed by atoms with Crippen LogP contribution in [0.2, 0.25) is 0 Å². The number of carboxylic acid groups (broad SMARTS) is 1. The largest absolute Gasteiger partial charge is 0.481 e. The average Bonchev–Trinajstić information content (AvgIpc) is 3.13. The van der Waals surface area contributed by atoms with Gasteiger partial charge in [0.1, 0.15) is 12.1 Å². The molecule has 0 bridgehead atoms. The van der Waals surface area contributed by atoms with Crippen molar-refractivity contribution in [2.45, 2.75) is 31.3 Å². The number of hydrogen-bond acceptors (Lipinski definition) is 5. The van der Waals surface area contributed by atoms with E-state index in [2.05, 4.69) is 10.6 Å². The zero-order valence-electron chi connectivity index (χ0n) is 14.9. The Morgan fingerprint density at radius 2 is 2.11 bits per heavy atom. The molecule has 28 heavy (non-hydrogen) atoms. The monoisotopic (exact) mass is 498 g/mol. The standard InChI is InChI=1S/C18H19IN4O5/c19-12-4-1-3-11(7-12)17(27)22-14(8-16(25)26)18(28)21-10-15(24)23-6-2-5-13(23)9-20/h1,3-4,7,13-14H,2,5-6,8,10H2,(H,21,28)(H,22,27)(H,25,26). The van der Waals surface area contributed by atoms with Gasteiger partial charge < -0.3 is 20.6 Å². The number of carbonyl (C=O) groups is 4. The summed E-state index contributed by atoms with van der Waals surface area (Å²) in [5.74, 6) is -3.05. The van der Waals surface area contributed by atoms with E-state index in [1.54, 1.807) is 24.3 Å². The third-order valence-corrected chi connectivity index (χ3v) is 4.89. The van der Waals surface area contributed by atoms with Crippen LogP contribution >= 0.6 is 22.6 Å². The molecule has 1 saturated heterocycles. The molecule has 1 aliphatic heterocycles. The minimum Gasteiger partial charge on any atom is -0.481 e. The van der Waals surface area contributed by atoms with Crippen molar-refractivity contribution >= 4 is 46.3 Å². The Bertz CT molecular complexity index is 822. The molecule has 1 fully saturated rings. The summed E-state index contributed by atoms with van der Waals surface area (Å²) < 4.78 is 0.813. The van der Waals surface area contributed by atoms with Crippen LogP contribution in [0.3, 0.4) is 0 Å². The highest BCUT2D eigenvalue weighted by molar-refractivity contribution is 14.1. The Morgan fingerprint density at radius 3 is 2.75 bits per heavy atom. The number of rotatable bonds is 7. The first-order chi connectivity index (χ1) is 13.3. The number of carbonyl (C=O) groups excluding carboxylic acids is 3. The summed E-state index contributed by atoms with van der Waals surface area (Å²) >= 11 is 2.03. The van der Waals surface area contributed by atoms with Gasteiger partial charge in [-0.15, -0.1) is 0 Å². The lowest BCUT2D eigenvalue weighted by molar-refractivity contribution is -0.140. The first-order valence-corrected chi connectivity index (χ1v) is 9.64. The van der Waals surface area contributed by atoms with Crippen molar-refractivity contribution in [1.82, 2.24) is 15.5 Å². The van der Waals surface area contributed by atoms with E-state index in [0.29, 0.717) is 24.9 Å². The summed E-state index contributed by atoms with van der Waals surface area (Å²) in [6.07, 6.45) is 0.676. The summed E-state index contributed by atoms with van der Waals surface area (Å²) in [7, 11) is 0. The van der Waals surface area contributed by atoms with E-state index in [9.17, 15) is 19.2 Å². The van der Waals surface area contributed by atoms with Gasteiger partial charge in [0.2, 0.25) is 11.8 Å². The molecule has 1 heterocycles. The van der Waals surface area contributed by atoms with Crippen molar-refractivity contribution in [3.05, 3.63) is 33.4 Å². The summed E-state index contributed by atoms with van der Waals surface area (Å²) in [6.45, 7) is 0.0705. The molecule has 0 spiro atoms. The van der Waals surface area contributed by atoms with E-state index in [1.165, 1.54) is 4.90 Å². The van der Waals surface area contributed by atoms with E-state index < -0.39 is 42.2 Å². The van der Waals surface area contributed by atoms with Gasteiger partial charge in [0.05, 0.1) is 19.0 Å². The van der Waals surface area contributed by atoms with Crippen LogP contribution in [-0.4, -0.2) is 58.9 Å². The normalized spacial score (nSPS) is 16.7. The highest BCUT2D eigenvalue weighted by atomic mass is 127. The first-order valence-electron chi connectivity index (χ1n) is 8.57. The Labute approximate surface area is 175 Å². The molecule has 1 aliphatic rings. The number of nitrogens with zero attached hydrogens (tertiary/aromatic N) is 2. The number of benzene rings is 1. The molecular formula is C18H19IN4O5. The minimum absolute atomic E-state index is 0.292. The van der Waals surface area contributed by atoms with Crippen LogP contribution in [0.5, 0.6) is 0 Å². The fraction of sp³-hybridized carbons (Fsp3) is 0.389. The fourth-order valence-corrected chi connectivity index (χ4v) is 3.39. The smallest absolute Gasteiger partial charge is 0.305 e. The Morgan fingerprint density at radius 1 is 1.36 bits per heavy atom. The molecule has 2 rings (SSSR count). The lowest BCUT2D eigenvalue weighted by Gasteiger charge is -2.21. The van der Waals surface area contributed by atoms with E-state index in [0.717, 1.165) is 3.57 Å². The molecule has 0 saturated carbocycles. The van der Waals surface area contributed by atoms with Gasteiger partial charge in [0.15, 0.2) is 0 Å². The van der Waals surface area contributed by atoms with E-state index in [1.807, 2.05) is 28.7 Å². The molecule has 1 aromatic carbocycles. The van der Waals surface area contributed by atoms with Gasteiger partial charge in [-0.05, 0) is 53.6 Å². The van der Waals surface area contributed by atoms with Crippen LogP contribution in [0.25, 0.3) is 0 Å². The first kappa shape index (κ1) is 21.6. The van der Waals surface area contributed by atoms with Gasteiger partial charge in [-0.3, -0.25) is 19.2 Å². The maximum Gasteiger partial charge on any atom is 0.305 e. The molecule has 1 aromatic rings. The zero-order chi connectivity index (χ0) is 20.7. The Balaban J connectivity index is 1.98. The lowest BCUT2D eigenvalue weighted by atomic mass is 10.1. The predicted octanol–water partition coefficient (Wildman–Crippen LogP) is 0.495. The van der Waals surface area contributed by atoms with Crippen LogP contribution < -0.4 is 10.6 Å². The Kier molecular flexibility index (Phi) is 7.74. The summed E-state index contributed by atoms with van der Waals surface area (Å²) in [4.78, 5) is 49.3. The van der Waals surface area contributed by atoms with Gasteiger partial charge in [0, 0.05) is 15.7 Å². The highest BCUT2D eigenvalue weighted by Crippen LogP contribution is 2.16. The number of carboxylic acids is 1. The van der Waals surface area contributed by atoms with Crippen LogP contribution in [-0.2, 0) is 14.4 Å². The van der Waals surface area contributed by atoms with Gasteiger partial charge >= 0.3 is 5.97 Å². The maximum absolute atomic E-state index is 12.4. The number of aliphatic carboxylic acids is 1. The topological polar surface area (TPSA) is 140 Å². The third kappa shape index (κ3) is 5.91. The number of amides is 3. The van der Waals surface area contributed by atoms with Crippen LogP contribution in [0.4, 0.5) is 0 Å². The zero-order valence-corrected chi connectivity index (χ0v) is 17.0. The van der Waals surface area contributed by atoms with Crippen LogP contribution in [0.1, 0.15) is 29.6 Å². The van der Waals surface area contributed by atoms with Crippen LogP contribution in [0.15, 0.2) is 24.3 Å². The molecule has 148 valence electrons. The van der Waals surface area contributed by atoms with Gasteiger partial charge in [-0.25, -0.2) is 0 Å². The fourth-order valence-electron chi connectivity index (χ4n) is 2.84. The number of nitrogens with one attached hydrogen (secondary N) is 2. The summed E-state index contributed by atoms with van der Waals surface area (Å²) in [5.41, 5.74) is 0.292. The lowest BCUT2D eigenvalue weighted by Crippen LogP contribution is -2.50. The van der Waals surface area contributed by atoms with Crippen molar-refractivity contribution in [2.24, 2.45) is 0 Å². The van der Waals surface area contributed by atoms with Gasteiger partial charge in [0.25, 0.3) is 5.91 Å². The second kappa shape index (κ2) is 10.0. The minimum atomic E-state index is -1.33. The van der Waals surface area contributed by atoms with Crippen molar-refractivity contribution in [1.29, 1.82) is 5.26 Å². The third-order valence-electron chi connectivity index (χ3n) is 4.22. The van der Waals surface area contributed by atoms with Crippen LogP contribution in [0, 0.1) is 14.9 Å². The molecule has 9 nitrogen and oxygen atoms in total. The second-order valence-corrected chi connectivity index (χ2v) is 7.47. The quantitative estimate of drug-likeness (QED) is 0.468. The number of halogens is 1. The SMILES string of the molecule is N#CC1CCCN1C(=O)CNC(=O)C(CC(=O)O)NC(=O)c1cccc(I)c1. The average molecular weight is 498 g/mol. The Hall–Kier alpha value is -2.68. The van der Waals surface area contributed by atoms with Crippen molar-refractivity contribution in [3.63, 3.8) is 0 Å². The summed E-state index contributed by atoms with van der Waals surface area (Å²) in [6, 6.07) is 6.80. The maximum atomic E-state index is 12.4. The van der Waals surface area contributed by atoms with E-state index >= 15 is 0 Å². The molecule has 3 amide bonds. The predicted molar refractivity (Wildman–Crippen MR) is 106 cm³/mol. The van der Waals surface area contributed by atoms with Crippen molar-refractivity contribution in [2.75, 3.05) is 13.1 Å². The van der Waals surface area contributed by atoms with Crippen molar-refractivity contribution in [3.8, 4) is 6.07 Å². The van der Waals surface area contributed by atoms with E-state index in [-0.39, 0.29) is 6.54 Å². The number of nitriles is 1. The number of likely N-dealkylation sites (tertiary alicyclic amines) is 1. The molecule has 3 N–H and O–H groups in total. The van der Waals surface area contributed by atoms with Gasteiger partial charge in [-0.2, -0.15) is 5.26 Å². The molecule has 0 radical (unpaired) electrons. The van der Waals surface area contributed by atoms with Crippen molar-refractivity contribution < 1.29 is 24.3 Å². The molecule has 0 aromatic heterocycles.